The SMILES string of the molecule is O=C(NCc1ccc(C(=O)O)cc1)NCc1cccs1. The molecule has 0 unspecified atom stereocenters. The molecule has 2 rings (SSSR count). The summed E-state index contributed by atoms with van der Waals surface area (Å²) >= 11 is 1.59. The van der Waals surface area contributed by atoms with Crippen LogP contribution >= 0.6 is 11.3 Å². The molecule has 2 aromatic rings. The van der Waals surface area contributed by atoms with Gasteiger partial charge in [0.15, 0.2) is 0 Å². The van der Waals surface area contributed by atoms with E-state index in [4.69, 9.17) is 5.11 Å². The maximum atomic E-state index is 11.6. The van der Waals surface area contributed by atoms with Crippen LogP contribution in [-0.4, -0.2) is 17.1 Å². The van der Waals surface area contributed by atoms with E-state index in [1.165, 1.54) is 12.1 Å². The minimum Gasteiger partial charge on any atom is -0.478 e. The Morgan fingerprint density at radius 1 is 1.05 bits per heavy atom. The number of carbonyl (C=O) groups is 2. The summed E-state index contributed by atoms with van der Waals surface area (Å²) in [6.07, 6.45) is 0. The number of nitrogens with one attached hydrogen (secondary N) is 2. The molecule has 0 aliphatic carbocycles. The van der Waals surface area contributed by atoms with Gasteiger partial charge in [0.05, 0.1) is 12.1 Å². The van der Waals surface area contributed by atoms with Gasteiger partial charge in [-0.1, -0.05) is 18.2 Å². The first kappa shape index (κ1) is 14.1. The highest BCUT2D eigenvalue weighted by molar-refractivity contribution is 7.09. The van der Waals surface area contributed by atoms with Crippen LogP contribution in [0, 0.1) is 0 Å². The van der Waals surface area contributed by atoms with E-state index in [0.29, 0.717) is 13.1 Å². The Morgan fingerprint density at radius 2 is 1.75 bits per heavy atom. The smallest absolute Gasteiger partial charge is 0.335 e. The summed E-state index contributed by atoms with van der Waals surface area (Å²) in [7, 11) is 0. The van der Waals surface area contributed by atoms with Gasteiger partial charge in [-0.3, -0.25) is 0 Å². The predicted molar refractivity (Wildman–Crippen MR) is 76.8 cm³/mol. The van der Waals surface area contributed by atoms with Gasteiger partial charge in [0.1, 0.15) is 0 Å². The molecule has 0 bridgehead atoms. The molecule has 0 aliphatic heterocycles. The van der Waals surface area contributed by atoms with E-state index in [9.17, 15) is 9.59 Å². The zero-order chi connectivity index (χ0) is 14.4. The number of thiophene rings is 1. The molecule has 1 aromatic heterocycles. The molecule has 0 atom stereocenters. The zero-order valence-corrected chi connectivity index (χ0v) is 11.4. The molecule has 0 saturated carbocycles. The van der Waals surface area contributed by atoms with Crippen LogP contribution in [0.15, 0.2) is 41.8 Å². The average molecular weight is 290 g/mol. The first-order valence-corrected chi connectivity index (χ1v) is 6.89. The molecular weight excluding hydrogens is 276 g/mol. The maximum Gasteiger partial charge on any atom is 0.335 e. The number of amides is 2. The molecule has 5 nitrogen and oxygen atoms in total. The molecule has 3 N–H and O–H groups in total. The Kier molecular flexibility index (Phi) is 4.73. The zero-order valence-electron chi connectivity index (χ0n) is 10.6. The van der Waals surface area contributed by atoms with E-state index < -0.39 is 5.97 Å². The first-order chi connectivity index (χ1) is 9.65. The number of carbonyl (C=O) groups excluding carboxylic acids is 1. The molecule has 6 heteroatoms. The van der Waals surface area contributed by atoms with Crippen molar-refractivity contribution in [2.45, 2.75) is 13.1 Å². The van der Waals surface area contributed by atoms with Crippen molar-refractivity contribution in [1.82, 2.24) is 10.6 Å². The third kappa shape index (κ3) is 4.10. The minimum absolute atomic E-state index is 0.232. The van der Waals surface area contributed by atoms with E-state index in [1.807, 2.05) is 17.5 Å². The molecule has 104 valence electrons. The summed E-state index contributed by atoms with van der Waals surface area (Å²) in [6, 6.07) is 10.0. The fourth-order valence-corrected chi connectivity index (χ4v) is 2.24. The molecule has 0 spiro atoms. The summed E-state index contributed by atoms with van der Waals surface area (Å²) < 4.78 is 0. The normalized spacial score (nSPS) is 10.0. The average Bonchev–Trinajstić information content (AvgIpc) is 2.96. The fraction of sp³-hybridized carbons (Fsp3) is 0.143. The van der Waals surface area contributed by atoms with Crippen LogP contribution in [0.2, 0.25) is 0 Å². The molecule has 1 aromatic carbocycles. The summed E-state index contributed by atoms with van der Waals surface area (Å²) in [5.41, 5.74) is 1.08. The summed E-state index contributed by atoms with van der Waals surface area (Å²) in [5, 5.41) is 16.2. The molecule has 0 aliphatic rings. The highest BCUT2D eigenvalue weighted by Gasteiger charge is 2.03. The van der Waals surface area contributed by atoms with E-state index in [1.54, 1.807) is 23.5 Å². The number of rotatable bonds is 5. The van der Waals surface area contributed by atoms with Gasteiger partial charge in [0.2, 0.25) is 0 Å². The second-order valence-corrected chi connectivity index (χ2v) is 5.15. The van der Waals surface area contributed by atoms with E-state index in [2.05, 4.69) is 10.6 Å². The van der Waals surface area contributed by atoms with Crippen molar-refractivity contribution in [2.75, 3.05) is 0 Å². The molecule has 20 heavy (non-hydrogen) atoms. The van der Waals surface area contributed by atoms with Crippen molar-refractivity contribution in [1.29, 1.82) is 0 Å². The molecule has 0 radical (unpaired) electrons. The number of hydrogen-bond acceptors (Lipinski definition) is 3. The second kappa shape index (κ2) is 6.72. The van der Waals surface area contributed by atoms with Crippen molar-refractivity contribution < 1.29 is 14.7 Å². The van der Waals surface area contributed by atoms with Crippen molar-refractivity contribution >= 4 is 23.3 Å². The van der Waals surface area contributed by atoms with Crippen LogP contribution in [0.1, 0.15) is 20.8 Å². The molecule has 0 fully saturated rings. The molecular formula is C14H14N2O3S. The van der Waals surface area contributed by atoms with Crippen molar-refractivity contribution in [3.63, 3.8) is 0 Å². The fourth-order valence-electron chi connectivity index (χ4n) is 1.59. The van der Waals surface area contributed by atoms with Gasteiger partial charge in [0.25, 0.3) is 0 Å². The molecule has 0 saturated heterocycles. The largest absolute Gasteiger partial charge is 0.478 e. The van der Waals surface area contributed by atoms with Crippen molar-refractivity contribution in [2.24, 2.45) is 0 Å². The topological polar surface area (TPSA) is 78.4 Å². The van der Waals surface area contributed by atoms with Crippen LogP contribution in [-0.2, 0) is 13.1 Å². The van der Waals surface area contributed by atoms with Crippen molar-refractivity contribution in [3.05, 3.63) is 57.8 Å². The van der Waals surface area contributed by atoms with Gasteiger partial charge >= 0.3 is 12.0 Å². The van der Waals surface area contributed by atoms with Gasteiger partial charge in [0, 0.05) is 11.4 Å². The van der Waals surface area contributed by atoms with Gasteiger partial charge in [-0.15, -0.1) is 11.3 Å². The Bertz CT molecular complexity index is 579. The lowest BCUT2D eigenvalue weighted by atomic mass is 10.1. The van der Waals surface area contributed by atoms with Crippen LogP contribution in [0.3, 0.4) is 0 Å². The quantitative estimate of drug-likeness (QED) is 0.791. The monoisotopic (exact) mass is 290 g/mol. The van der Waals surface area contributed by atoms with Gasteiger partial charge < -0.3 is 15.7 Å². The van der Waals surface area contributed by atoms with Gasteiger partial charge in [-0.2, -0.15) is 0 Å². The summed E-state index contributed by atoms with van der Waals surface area (Å²) in [4.78, 5) is 23.4. The van der Waals surface area contributed by atoms with Crippen LogP contribution in [0.4, 0.5) is 4.79 Å². The number of urea groups is 1. The Morgan fingerprint density at radius 3 is 2.35 bits per heavy atom. The van der Waals surface area contributed by atoms with E-state index in [-0.39, 0.29) is 11.6 Å². The Labute approximate surface area is 120 Å². The number of aromatic carboxylic acids is 1. The number of carboxylic acid groups (broad SMARTS) is 1. The van der Waals surface area contributed by atoms with E-state index >= 15 is 0 Å². The lowest BCUT2D eigenvalue weighted by molar-refractivity contribution is 0.0697. The van der Waals surface area contributed by atoms with Crippen LogP contribution in [0.25, 0.3) is 0 Å². The van der Waals surface area contributed by atoms with Gasteiger partial charge in [-0.25, -0.2) is 9.59 Å². The van der Waals surface area contributed by atoms with E-state index in [0.717, 1.165) is 10.4 Å². The van der Waals surface area contributed by atoms with Crippen LogP contribution in [0.5, 0.6) is 0 Å². The standard InChI is InChI=1S/C14H14N2O3S/c17-13(18)11-5-3-10(4-6-11)8-15-14(19)16-9-12-2-1-7-20-12/h1-7H,8-9H2,(H,17,18)(H2,15,16,19). The minimum atomic E-state index is -0.960. The lowest BCUT2D eigenvalue weighted by Crippen LogP contribution is -2.34. The highest BCUT2D eigenvalue weighted by Crippen LogP contribution is 2.07. The number of carboxylic acids is 1. The highest BCUT2D eigenvalue weighted by atomic mass is 32.1. The first-order valence-electron chi connectivity index (χ1n) is 6.01. The summed E-state index contributed by atoms with van der Waals surface area (Å²) in [5.74, 6) is -0.960. The van der Waals surface area contributed by atoms with Crippen LogP contribution < -0.4 is 10.6 Å². The molecule has 1 heterocycles. The maximum absolute atomic E-state index is 11.6. The molecule has 2 amide bonds. The predicted octanol–water partition coefficient (Wildman–Crippen LogP) is 2.45. The second-order valence-electron chi connectivity index (χ2n) is 4.12. The number of benzene rings is 1. The van der Waals surface area contributed by atoms with Crippen molar-refractivity contribution in [3.8, 4) is 0 Å². The number of hydrogen-bond donors (Lipinski definition) is 3. The third-order valence-corrected chi connectivity index (χ3v) is 3.53. The third-order valence-electron chi connectivity index (χ3n) is 2.66. The Hall–Kier alpha value is -2.34. The van der Waals surface area contributed by atoms with Gasteiger partial charge in [-0.05, 0) is 29.1 Å². The lowest BCUT2D eigenvalue weighted by Gasteiger charge is -2.07. The summed E-state index contributed by atoms with van der Waals surface area (Å²) in [6.45, 7) is 0.859. The Balaban J connectivity index is 1.76.